The largest absolute Gasteiger partial charge is 0.497 e. The highest BCUT2D eigenvalue weighted by atomic mass is 16.5. The predicted octanol–water partition coefficient (Wildman–Crippen LogP) is 3.14. The van der Waals surface area contributed by atoms with Crippen LogP contribution in [0.1, 0.15) is 37.3 Å². The van der Waals surface area contributed by atoms with Gasteiger partial charge in [0.25, 0.3) is 5.56 Å². The second-order valence-corrected chi connectivity index (χ2v) is 8.20. The number of benzene rings is 2. The van der Waals surface area contributed by atoms with Crippen LogP contribution in [0.25, 0.3) is 10.9 Å². The summed E-state index contributed by atoms with van der Waals surface area (Å²) in [5.41, 5.74) is 1.72. The summed E-state index contributed by atoms with van der Waals surface area (Å²) in [4.78, 5) is 32.0. The van der Waals surface area contributed by atoms with Gasteiger partial charge in [0.05, 0.1) is 30.4 Å². The summed E-state index contributed by atoms with van der Waals surface area (Å²) in [6.45, 7) is 2.91. The molecule has 2 heterocycles. The van der Waals surface area contributed by atoms with Crippen LogP contribution in [0, 0.1) is 0 Å². The van der Waals surface area contributed by atoms with Crippen molar-refractivity contribution in [3.63, 3.8) is 0 Å². The number of nitrogens with one attached hydrogen (secondary N) is 1. The predicted molar refractivity (Wildman–Crippen MR) is 125 cm³/mol. The van der Waals surface area contributed by atoms with Crippen molar-refractivity contribution in [2.75, 3.05) is 26.7 Å². The molecular formula is C25H30N4O3. The first-order valence-corrected chi connectivity index (χ1v) is 11.2. The number of carbonyl (C=O) groups excluding carboxylic acids is 1. The minimum atomic E-state index is -0.118. The molecule has 168 valence electrons. The number of amides is 1. The van der Waals surface area contributed by atoms with Crippen LogP contribution in [0.5, 0.6) is 5.75 Å². The molecule has 1 aromatic heterocycles. The van der Waals surface area contributed by atoms with Gasteiger partial charge in [-0.3, -0.25) is 19.1 Å². The number of carbonyl (C=O) groups is 1. The van der Waals surface area contributed by atoms with E-state index in [1.165, 1.54) is 35.7 Å². The van der Waals surface area contributed by atoms with Gasteiger partial charge in [0.1, 0.15) is 5.75 Å². The molecule has 1 N–H and O–H groups in total. The number of para-hydroxylation sites is 1. The molecule has 0 bridgehead atoms. The molecular weight excluding hydrogens is 404 g/mol. The zero-order valence-corrected chi connectivity index (χ0v) is 18.5. The number of piperidine rings is 1. The highest BCUT2D eigenvalue weighted by molar-refractivity contribution is 5.77. The van der Waals surface area contributed by atoms with Gasteiger partial charge in [0, 0.05) is 19.5 Å². The average Bonchev–Trinajstić information content (AvgIpc) is 2.85. The normalized spacial score (nSPS) is 15.4. The molecule has 1 saturated heterocycles. The zero-order chi connectivity index (χ0) is 22.3. The van der Waals surface area contributed by atoms with E-state index in [4.69, 9.17) is 4.74 Å². The Bertz CT molecular complexity index is 1100. The molecule has 2 aromatic carbocycles. The average molecular weight is 435 g/mol. The standard InChI is InChI=1S/C25H30N4O3/c1-32-20-11-9-19(10-12-20)23(28-14-5-2-6-15-28)17-26-24(30)13-16-29-18-27-22-8-4-3-7-21(22)25(29)31/h3-4,7-12,18,23H,2,5-6,13-17H2,1H3,(H,26,30). The number of methoxy groups -OCH3 is 1. The minimum Gasteiger partial charge on any atom is -0.497 e. The maximum absolute atomic E-state index is 12.6. The second kappa shape index (κ2) is 10.4. The molecule has 1 unspecified atom stereocenters. The second-order valence-electron chi connectivity index (χ2n) is 8.20. The van der Waals surface area contributed by atoms with Crippen LogP contribution in [0.3, 0.4) is 0 Å². The lowest BCUT2D eigenvalue weighted by Crippen LogP contribution is -2.40. The summed E-state index contributed by atoms with van der Waals surface area (Å²) in [7, 11) is 1.66. The Morgan fingerprint density at radius 1 is 1.09 bits per heavy atom. The van der Waals surface area contributed by atoms with Gasteiger partial charge in [-0.2, -0.15) is 0 Å². The van der Waals surface area contributed by atoms with E-state index in [2.05, 4.69) is 27.3 Å². The van der Waals surface area contributed by atoms with Crippen molar-refractivity contribution in [2.24, 2.45) is 0 Å². The smallest absolute Gasteiger partial charge is 0.261 e. The number of aromatic nitrogens is 2. The maximum atomic E-state index is 12.6. The van der Waals surface area contributed by atoms with Gasteiger partial charge in [-0.05, 0) is 55.8 Å². The topological polar surface area (TPSA) is 76.5 Å². The summed E-state index contributed by atoms with van der Waals surface area (Å²) in [6, 6.07) is 15.5. The van der Waals surface area contributed by atoms with Crippen molar-refractivity contribution in [3.05, 3.63) is 70.8 Å². The van der Waals surface area contributed by atoms with Gasteiger partial charge in [0.2, 0.25) is 5.91 Å². The quantitative estimate of drug-likeness (QED) is 0.589. The fourth-order valence-electron chi connectivity index (χ4n) is 4.30. The van der Waals surface area contributed by atoms with E-state index in [0.717, 1.165) is 18.8 Å². The molecule has 32 heavy (non-hydrogen) atoms. The van der Waals surface area contributed by atoms with E-state index in [0.29, 0.717) is 24.0 Å². The van der Waals surface area contributed by atoms with Crippen molar-refractivity contribution in [1.82, 2.24) is 19.8 Å². The Labute approximate surface area is 188 Å². The van der Waals surface area contributed by atoms with Crippen LogP contribution in [0.4, 0.5) is 0 Å². The molecule has 1 amide bonds. The van der Waals surface area contributed by atoms with Gasteiger partial charge in [-0.25, -0.2) is 4.98 Å². The number of likely N-dealkylation sites (tertiary alicyclic amines) is 1. The molecule has 7 nitrogen and oxygen atoms in total. The number of hydrogen-bond acceptors (Lipinski definition) is 5. The highest BCUT2D eigenvalue weighted by Crippen LogP contribution is 2.26. The molecule has 0 radical (unpaired) electrons. The molecule has 0 saturated carbocycles. The van der Waals surface area contributed by atoms with Gasteiger partial charge >= 0.3 is 0 Å². The molecule has 4 rings (SSSR count). The van der Waals surface area contributed by atoms with Crippen LogP contribution < -0.4 is 15.6 Å². The summed E-state index contributed by atoms with van der Waals surface area (Å²) in [5.74, 6) is 0.755. The lowest BCUT2D eigenvalue weighted by molar-refractivity contribution is -0.121. The third kappa shape index (κ3) is 5.16. The Morgan fingerprint density at radius 3 is 2.59 bits per heavy atom. The van der Waals surface area contributed by atoms with Gasteiger partial charge in [-0.1, -0.05) is 30.7 Å². The Kier molecular flexibility index (Phi) is 7.17. The number of nitrogens with zero attached hydrogens (tertiary/aromatic N) is 3. The number of aryl methyl sites for hydroxylation is 1. The first-order chi connectivity index (χ1) is 15.7. The summed E-state index contributed by atoms with van der Waals surface area (Å²) in [6.07, 6.45) is 5.37. The third-order valence-corrected chi connectivity index (χ3v) is 6.14. The first-order valence-electron chi connectivity index (χ1n) is 11.2. The monoisotopic (exact) mass is 434 g/mol. The van der Waals surface area contributed by atoms with Gasteiger partial charge in [-0.15, -0.1) is 0 Å². The Morgan fingerprint density at radius 2 is 1.84 bits per heavy atom. The zero-order valence-electron chi connectivity index (χ0n) is 18.5. The van der Waals surface area contributed by atoms with Crippen molar-refractivity contribution in [2.45, 2.75) is 38.3 Å². The highest BCUT2D eigenvalue weighted by Gasteiger charge is 2.23. The van der Waals surface area contributed by atoms with Crippen LogP contribution in [-0.4, -0.2) is 47.1 Å². The van der Waals surface area contributed by atoms with Crippen molar-refractivity contribution in [3.8, 4) is 5.75 Å². The maximum Gasteiger partial charge on any atom is 0.261 e. The molecule has 1 atom stereocenters. The summed E-state index contributed by atoms with van der Waals surface area (Å²) < 4.78 is 6.79. The number of fused-ring (bicyclic) bond motifs is 1. The number of hydrogen-bond donors (Lipinski definition) is 1. The third-order valence-electron chi connectivity index (χ3n) is 6.14. The Balaban J connectivity index is 1.39. The fraction of sp³-hybridized carbons (Fsp3) is 0.400. The van der Waals surface area contributed by atoms with Crippen LogP contribution in [0.2, 0.25) is 0 Å². The van der Waals surface area contributed by atoms with Gasteiger partial charge < -0.3 is 10.1 Å². The van der Waals surface area contributed by atoms with E-state index < -0.39 is 0 Å². The van der Waals surface area contributed by atoms with E-state index in [9.17, 15) is 9.59 Å². The summed E-state index contributed by atoms with van der Waals surface area (Å²) >= 11 is 0. The fourth-order valence-corrected chi connectivity index (χ4v) is 4.30. The molecule has 1 aliphatic heterocycles. The van der Waals surface area contributed by atoms with Gasteiger partial charge in [0.15, 0.2) is 0 Å². The van der Waals surface area contributed by atoms with E-state index in [1.54, 1.807) is 13.2 Å². The molecule has 3 aromatic rings. The van der Waals surface area contributed by atoms with Crippen molar-refractivity contribution >= 4 is 16.8 Å². The molecule has 1 aliphatic rings. The molecule has 0 spiro atoms. The first kappa shape index (κ1) is 22.0. The van der Waals surface area contributed by atoms with E-state index in [-0.39, 0.29) is 23.9 Å². The van der Waals surface area contributed by atoms with E-state index in [1.807, 2.05) is 30.3 Å². The van der Waals surface area contributed by atoms with E-state index >= 15 is 0 Å². The number of rotatable bonds is 8. The molecule has 0 aliphatic carbocycles. The van der Waals surface area contributed by atoms with Crippen LogP contribution in [-0.2, 0) is 11.3 Å². The Hall–Kier alpha value is -3.19. The lowest BCUT2D eigenvalue weighted by atomic mass is 10.0. The molecule has 1 fully saturated rings. The van der Waals surface area contributed by atoms with Crippen LogP contribution in [0.15, 0.2) is 59.7 Å². The molecule has 7 heteroatoms. The van der Waals surface area contributed by atoms with Crippen LogP contribution >= 0.6 is 0 Å². The van der Waals surface area contributed by atoms with Crippen molar-refractivity contribution in [1.29, 1.82) is 0 Å². The summed E-state index contributed by atoms with van der Waals surface area (Å²) in [5, 5.41) is 3.66. The minimum absolute atomic E-state index is 0.0689. The lowest BCUT2D eigenvalue weighted by Gasteiger charge is -2.35. The SMILES string of the molecule is COc1ccc(C(CNC(=O)CCn2cnc3ccccc3c2=O)N2CCCCC2)cc1. The number of ether oxygens (including phenoxy) is 1. The van der Waals surface area contributed by atoms with Crippen molar-refractivity contribution < 1.29 is 9.53 Å².